The Bertz CT molecular complexity index is 1220. The van der Waals surface area contributed by atoms with E-state index >= 15 is 0 Å². The maximum Gasteiger partial charge on any atom is 0.165 e. The minimum absolute atomic E-state index is 0.225. The van der Waals surface area contributed by atoms with E-state index in [2.05, 4.69) is 50.2 Å². The summed E-state index contributed by atoms with van der Waals surface area (Å²) in [6.45, 7) is 2.97. The average Bonchev–Trinajstić information content (AvgIpc) is 3.39. The molecule has 2 aromatic heterocycles. The number of imidazole rings is 1. The molecule has 0 radical (unpaired) electrons. The molecule has 2 aliphatic rings. The van der Waals surface area contributed by atoms with E-state index in [9.17, 15) is 5.11 Å². The zero-order chi connectivity index (χ0) is 20.1. The van der Waals surface area contributed by atoms with Crippen molar-refractivity contribution in [2.75, 3.05) is 13.2 Å². The van der Waals surface area contributed by atoms with Crippen molar-refractivity contribution >= 4 is 21.4 Å². The summed E-state index contributed by atoms with van der Waals surface area (Å²) in [6, 6.07) is 13.1. The molecule has 0 saturated heterocycles. The van der Waals surface area contributed by atoms with Crippen molar-refractivity contribution in [3.63, 3.8) is 0 Å². The topological polar surface area (TPSA) is 50.5 Å². The normalized spacial score (nSPS) is 16.9. The van der Waals surface area contributed by atoms with E-state index in [-0.39, 0.29) is 5.75 Å². The summed E-state index contributed by atoms with van der Waals surface area (Å²) in [7, 11) is 0. The summed E-state index contributed by atoms with van der Waals surface area (Å²) >= 11 is 1.74. The summed E-state index contributed by atoms with van der Waals surface area (Å²) < 4.78 is 9.54. The maximum absolute atomic E-state index is 10.7. The van der Waals surface area contributed by atoms with E-state index in [1.165, 1.54) is 28.6 Å². The van der Waals surface area contributed by atoms with Crippen molar-refractivity contribution in [2.24, 2.45) is 0 Å². The van der Waals surface area contributed by atoms with E-state index in [0.717, 1.165) is 36.3 Å². The van der Waals surface area contributed by atoms with Crippen molar-refractivity contribution in [3.8, 4) is 22.6 Å². The van der Waals surface area contributed by atoms with Crippen molar-refractivity contribution < 1.29 is 9.84 Å². The summed E-state index contributed by atoms with van der Waals surface area (Å²) in [6.07, 6.45) is 6.44. The van der Waals surface area contributed by atoms with Gasteiger partial charge in [-0.25, -0.2) is 4.98 Å². The van der Waals surface area contributed by atoms with Gasteiger partial charge in [-0.05, 0) is 42.0 Å². The molecule has 3 heterocycles. The zero-order valence-corrected chi connectivity index (χ0v) is 17.4. The lowest BCUT2D eigenvalue weighted by Gasteiger charge is -2.20. The lowest BCUT2D eigenvalue weighted by molar-refractivity contribution is 0.213. The maximum atomic E-state index is 10.7. The van der Waals surface area contributed by atoms with Crippen LogP contribution in [0.15, 0.2) is 54.3 Å². The third-order valence-corrected chi connectivity index (χ3v) is 7.02. The van der Waals surface area contributed by atoms with Crippen molar-refractivity contribution in [1.29, 1.82) is 0 Å². The minimum Gasteiger partial charge on any atom is -0.504 e. The second kappa shape index (κ2) is 7.15. The van der Waals surface area contributed by atoms with Gasteiger partial charge < -0.3 is 14.4 Å². The number of rotatable bonds is 4. The molecule has 0 atom stereocenters. The van der Waals surface area contributed by atoms with Crippen LogP contribution >= 0.6 is 11.3 Å². The van der Waals surface area contributed by atoms with Crippen molar-refractivity contribution in [3.05, 3.63) is 65.6 Å². The molecule has 2 aromatic carbocycles. The van der Waals surface area contributed by atoms with E-state index in [1.54, 1.807) is 11.3 Å². The first kappa shape index (κ1) is 18.0. The molecule has 0 unspecified atom stereocenters. The molecule has 1 saturated carbocycles. The van der Waals surface area contributed by atoms with Crippen molar-refractivity contribution in [2.45, 2.75) is 32.0 Å². The van der Waals surface area contributed by atoms with Crippen LogP contribution in [0, 0.1) is 0 Å². The average molecular weight is 418 g/mol. The monoisotopic (exact) mass is 417 g/mol. The van der Waals surface area contributed by atoms with Gasteiger partial charge in [0.2, 0.25) is 0 Å². The Balaban J connectivity index is 1.34. The van der Waals surface area contributed by atoms with Gasteiger partial charge in [0.05, 0.1) is 12.0 Å². The minimum atomic E-state index is 0.225. The second-order valence-electron chi connectivity index (χ2n) is 8.21. The van der Waals surface area contributed by atoms with Gasteiger partial charge in [0.1, 0.15) is 6.61 Å². The number of aromatic nitrogens is 2. The van der Waals surface area contributed by atoms with Crippen LogP contribution in [0.5, 0.6) is 11.5 Å². The van der Waals surface area contributed by atoms with Crippen LogP contribution < -0.4 is 4.74 Å². The highest BCUT2D eigenvalue weighted by molar-refractivity contribution is 7.17. The van der Waals surface area contributed by atoms with Crippen molar-refractivity contribution in [1.82, 2.24) is 14.5 Å². The Kier molecular flexibility index (Phi) is 4.28. The molecule has 1 N–H and O–H groups in total. The van der Waals surface area contributed by atoms with Gasteiger partial charge in [0, 0.05) is 53.1 Å². The van der Waals surface area contributed by atoms with Crippen LogP contribution in [0.1, 0.15) is 30.1 Å². The van der Waals surface area contributed by atoms with Gasteiger partial charge in [0.15, 0.2) is 11.5 Å². The van der Waals surface area contributed by atoms with Crippen LogP contribution in [0.25, 0.3) is 21.2 Å². The molecule has 0 amide bonds. The van der Waals surface area contributed by atoms with Gasteiger partial charge >= 0.3 is 0 Å². The first-order valence-corrected chi connectivity index (χ1v) is 11.3. The molecule has 6 heteroatoms. The Hall–Kier alpha value is -2.83. The molecule has 30 heavy (non-hydrogen) atoms. The third kappa shape index (κ3) is 3.16. The number of ether oxygens (including phenoxy) is 1. The Morgan fingerprint density at radius 1 is 1.20 bits per heavy atom. The summed E-state index contributed by atoms with van der Waals surface area (Å²) in [5.74, 6) is 0.846. The molecule has 1 fully saturated rings. The van der Waals surface area contributed by atoms with E-state index in [0.29, 0.717) is 18.4 Å². The van der Waals surface area contributed by atoms with Gasteiger partial charge in [-0.3, -0.25) is 4.90 Å². The van der Waals surface area contributed by atoms with Crippen LogP contribution in [0.4, 0.5) is 0 Å². The molecular formula is C24H23N3O2S. The van der Waals surface area contributed by atoms with Crippen LogP contribution in [-0.4, -0.2) is 32.7 Å². The SMILES string of the molecule is Oc1cc(-c2csc3ccccc23)cc2c1OCCN(Cc1cncn1C1CC1)C2. The van der Waals surface area contributed by atoms with Gasteiger partial charge in [0.25, 0.3) is 0 Å². The molecule has 5 nitrogen and oxygen atoms in total. The first-order valence-electron chi connectivity index (χ1n) is 10.4. The molecule has 1 aliphatic carbocycles. The van der Waals surface area contributed by atoms with E-state index < -0.39 is 0 Å². The highest BCUT2D eigenvalue weighted by Crippen LogP contribution is 2.41. The Labute approximate surface area is 179 Å². The number of thiophene rings is 1. The quantitative estimate of drug-likeness (QED) is 0.496. The molecule has 4 aromatic rings. The summed E-state index contributed by atoms with van der Waals surface area (Å²) in [4.78, 5) is 6.76. The lowest BCUT2D eigenvalue weighted by atomic mass is 10.0. The number of phenolic OH excluding ortho intramolecular Hbond substituents is 1. The highest BCUT2D eigenvalue weighted by atomic mass is 32.1. The predicted molar refractivity (Wildman–Crippen MR) is 119 cm³/mol. The molecule has 0 spiro atoms. The molecular weight excluding hydrogens is 394 g/mol. The van der Waals surface area contributed by atoms with Crippen LogP contribution in [0.3, 0.4) is 0 Å². The number of phenols is 1. The molecule has 6 rings (SSSR count). The first-order chi connectivity index (χ1) is 14.8. The Morgan fingerprint density at radius 3 is 3.00 bits per heavy atom. The van der Waals surface area contributed by atoms with E-state index in [4.69, 9.17) is 4.74 Å². The largest absolute Gasteiger partial charge is 0.504 e. The van der Waals surface area contributed by atoms with Gasteiger partial charge in [-0.2, -0.15) is 0 Å². The predicted octanol–water partition coefficient (Wildman–Crippen LogP) is 5.20. The fourth-order valence-electron chi connectivity index (χ4n) is 4.41. The number of aromatic hydroxyl groups is 1. The zero-order valence-electron chi connectivity index (χ0n) is 16.6. The molecule has 1 aliphatic heterocycles. The number of benzene rings is 2. The third-order valence-electron chi connectivity index (χ3n) is 6.06. The lowest BCUT2D eigenvalue weighted by Crippen LogP contribution is -2.26. The fourth-order valence-corrected chi connectivity index (χ4v) is 5.38. The fraction of sp³-hybridized carbons (Fsp3) is 0.292. The Morgan fingerprint density at radius 2 is 2.10 bits per heavy atom. The molecule has 0 bridgehead atoms. The number of fused-ring (bicyclic) bond motifs is 2. The standard InChI is InChI=1S/C24H23N3O2S/c28-22-10-16(21-14-30-23-4-2-1-3-20(21)23)9-17-12-26(7-8-29-24(17)22)13-19-11-25-15-27(19)18-5-6-18/h1-4,9-11,14-15,18,28H,5-8,12-13H2. The molecule has 152 valence electrons. The second-order valence-corrected chi connectivity index (χ2v) is 9.12. The number of hydrogen-bond donors (Lipinski definition) is 1. The summed E-state index contributed by atoms with van der Waals surface area (Å²) in [5.41, 5.74) is 4.49. The van der Waals surface area contributed by atoms with E-state index in [1.807, 2.05) is 18.6 Å². The van der Waals surface area contributed by atoms with Crippen LogP contribution in [0.2, 0.25) is 0 Å². The van der Waals surface area contributed by atoms with Crippen LogP contribution in [-0.2, 0) is 13.1 Å². The number of hydrogen-bond acceptors (Lipinski definition) is 5. The summed E-state index contributed by atoms with van der Waals surface area (Å²) in [5, 5.41) is 14.1. The van der Waals surface area contributed by atoms with Gasteiger partial charge in [-0.15, -0.1) is 11.3 Å². The number of nitrogens with zero attached hydrogens (tertiary/aromatic N) is 3. The highest BCUT2D eigenvalue weighted by Gasteiger charge is 2.27. The van der Waals surface area contributed by atoms with Gasteiger partial charge in [-0.1, -0.05) is 18.2 Å². The smallest absolute Gasteiger partial charge is 0.165 e.